The number of aryl methyl sites for hydroxylation is 1. The van der Waals surface area contributed by atoms with Crippen LogP contribution in [0.3, 0.4) is 0 Å². The van der Waals surface area contributed by atoms with Crippen molar-refractivity contribution < 1.29 is 5.11 Å². The van der Waals surface area contributed by atoms with Gasteiger partial charge in [0.1, 0.15) is 17.9 Å². The predicted octanol–water partition coefficient (Wildman–Crippen LogP) is 4.08. The van der Waals surface area contributed by atoms with E-state index >= 15 is 0 Å². The van der Waals surface area contributed by atoms with Crippen LogP contribution in [0.1, 0.15) is 69.4 Å². The highest BCUT2D eigenvalue weighted by atomic mass is 16.3. The summed E-state index contributed by atoms with van der Waals surface area (Å²) in [4.78, 5) is 7.28. The number of fused-ring (bicyclic) bond motifs is 1. The summed E-state index contributed by atoms with van der Waals surface area (Å²) < 4.78 is 0. The maximum absolute atomic E-state index is 9.76. The van der Waals surface area contributed by atoms with Gasteiger partial charge in [0, 0.05) is 30.6 Å². The van der Waals surface area contributed by atoms with Gasteiger partial charge in [0.2, 0.25) is 0 Å². The molecule has 1 aromatic carbocycles. The Kier molecular flexibility index (Phi) is 7.08. The van der Waals surface area contributed by atoms with E-state index in [0.717, 1.165) is 48.2 Å². The quantitative estimate of drug-likeness (QED) is 0.252. The molecule has 1 aromatic heterocycles. The lowest BCUT2D eigenvalue weighted by atomic mass is 10.0. The topological polar surface area (TPSA) is 84.3 Å². The smallest absolute Gasteiger partial charge is 0.140 e. The molecular weight excluding hydrogens is 386 g/mol. The highest BCUT2D eigenvalue weighted by molar-refractivity contribution is 6.04. The zero-order chi connectivity index (χ0) is 21.8. The third-order valence-corrected chi connectivity index (χ3v) is 6.69. The molecular formula is C25H37N5O. The first-order chi connectivity index (χ1) is 15.0. The van der Waals surface area contributed by atoms with E-state index in [9.17, 15) is 5.11 Å². The number of hydrogen-bond acceptors (Lipinski definition) is 5. The Bertz CT molecular complexity index is 896. The van der Waals surface area contributed by atoms with Crippen LogP contribution in [0, 0.1) is 12.3 Å². The number of rotatable bonds is 5. The predicted molar refractivity (Wildman–Crippen MR) is 128 cm³/mol. The van der Waals surface area contributed by atoms with E-state index in [4.69, 9.17) is 10.4 Å². The summed E-state index contributed by atoms with van der Waals surface area (Å²) in [6.07, 6.45) is 9.55. The second-order valence-electron chi connectivity index (χ2n) is 9.37. The number of aliphatic hydroxyl groups excluding tert-OH is 1. The number of amidine groups is 1. The summed E-state index contributed by atoms with van der Waals surface area (Å²) in [5.74, 6) is 1.07. The van der Waals surface area contributed by atoms with E-state index in [1.807, 2.05) is 6.07 Å². The summed E-state index contributed by atoms with van der Waals surface area (Å²) in [7, 11) is 0. The van der Waals surface area contributed by atoms with Crippen LogP contribution in [-0.2, 0) is 0 Å². The van der Waals surface area contributed by atoms with Crippen molar-refractivity contribution in [1.82, 2.24) is 15.6 Å². The highest BCUT2D eigenvalue weighted by Crippen LogP contribution is 2.28. The van der Waals surface area contributed by atoms with Crippen molar-refractivity contribution in [2.75, 3.05) is 18.0 Å². The molecule has 1 aliphatic heterocycles. The van der Waals surface area contributed by atoms with Crippen molar-refractivity contribution in [2.45, 2.75) is 83.5 Å². The summed E-state index contributed by atoms with van der Waals surface area (Å²) in [6.45, 7) is 5.57. The Morgan fingerprint density at radius 3 is 2.42 bits per heavy atom. The van der Waals surface area contributed by atoms with Crippen molar-refractivity contribution in [2.24, 2.45) is 0 Å². The van der Waals surface area contributed by atoms with Crippen molar-refractivity contribution in [1.29, 1.82) is 5.41 Å². The summed E-state index contributed by atoms with van der Waals surface area (Å²) >= 11 is 0. The normalized spacial score (nSPS) is 19.9. The van der Waals surface area contributed by atoms with Crippen LogP contribution in [0.15, 0.2) is 24.3 Å². The standard InChI is InChI=1S/C25H37N5O/c1-17-9-10-23-19(15-17)16-22(24(26)27-18(2)31)25(29-23)30-13-11-21(12-14-30)28-20-7-5-3-4-6-8-20/h9-10,15-16,18,20-21,28,31H,3-8,11-14H2,1-2H3,(H2,26,27). The lowest BCUT2D eigenvalue weighted by molar-refractivity contribution is 0.180. The van der Waals surface area contributed by atoms with Crippen molar-refractivity contribution in [3.8, 4) is 0 Å². The molecule has 2 heterocycles. The molecule has 1 saturated carbocycles. The molecule has 2 aromatic rings. The van der Waals surface area contributed by atoms with Crippen molar-refractivity contribution in [3.05, 3.63) is 35.4 Å². The largest absolute Gasteiger partial charge is 0.374 e. The summed E-state index contributed by atoms with van der Waals surface area (Å²) in [5, 5.41) is 26.1. The molecule has 1 aliphatic carbocycles. The third-order valence-electron chi connectivity index (χ3n) is 6.69. The third kappa shape index (κ3) is 5.55. The van der Waals surface area contributed by atoms with E-state index < -0.39 is 6.23 Å². The number of hydrogen-bond donors (Lipinski definition) is 4. The van der Waals surface area contributed by atoms with Gasteiger partial charge in [0.25, 0.3) is 0 Å². The van der Waals surface area contributed by atoms with Crippen LogP contribution in [-0.4, -0.2) is 47.3 Å². The van der Waals surface area contributed by atoms with Crippen LogP contribution < -0.4 is 15.5 Å². The average molecular weight is 424 g/mol. The van der Waals surface area contributed by atoms with E-state index in [1.165, 1.54) is 44.1 Å². The molecule has 1 saturated heterocycles. The lowest BCUT2D eigenvalue weighted by Gasteiger charge is -2.36. The molecule has 6 heteroatoms. The molecule has 6 nitrogen and oxygen atoms in total. The van der Waals surface area contributed by atoms with E-state index in [1.54, 1.807) is 6.92 Å². The van der Waals surface area contributed by atoms with Gasteiger partial charge in [0.05, 0.1) is 11.1 Å². The molecule has 2 fully saturated rings. The minimum Gasteiger partial charge on any atom is -0.374 e. The number of nitrogens with one attached hydrogen (secondary N) is 3. The minimum atomic E-state index is -0.775. The molecule has 4 N–H and O–H groups in total. The molecule has 168 valence electrons. The van der Waals surface area contributed by atoms with Crippen LogP contribution in [0.25, 0.3) is 10.9 Å². The Hall–Kier alpha value is -2.18. The molecule has 4 rings (SSSR count). The molecule has 1 atom stereocenters. The zero-order valence-corrected chi connectivity index (χ0v) is 19.0. The molecule has 0 spiro atoms. The van der Waals surface area contributed by atoms with E-state index in [-0.39, 0.29) is 5.84 Å². The van der Waals surface area contributed by atoms with E-state index in [2.05, 4.69) is 40.7 Å². The van der Waals surface area contributed by atoms with Gasteiger partial charge in [-0.15, -0.1) is 0 Å². The summed E-state index contributed by atoms with van der Waals surface area (Å²) in [6, 6.07) is 9.54. The lowest BCUT2D eigenvalue weighted by Crippen LogP contribution is -2.47. The Morgan fingerprint density at radius 2 is 1.74 bits per heavy atom. The van der Waals surface area contributed by atoms with E-state index in [0.29, 0.717) is 12.1 Å². The van der Waals surface area contributed by atoms with Crippen LogP contribution in [0.5, 0.6) is 0 Å². The summed E-state index contributed by atoms with van der Waals surface area (Å²) in [5.41, 5.74) is 2.88. The molecule has 2 aliphatic rings. The number of pyridine rings is 1. The number of aromatic nitrogens is 1. The maximum Gasteiger partial charge on any atom is 0.140 e. The van der Waals surface area contributed by atoms with Gasteiger partial charge in [-0.2, -0.15) is 0 Å². The first-order valence-electron chi connectivity index (χ1n) is 12.0. The molecule has 0 radical (unpaired) electrons. The first-order valence-corrected chi connectivity index (χ1v) is 12.0. The SMILES string of the molecule is Cc1ccc2nc(N3CCC(NC4CCCCCC4)CC3)c(C(=N)NC(C)O)cc2c1. The van der Waals surface area contributed by atoms with Crippen LogP contribution in [0.2, 0.25) is 0 Å². The second-order valence-corrected chi connectivity index (χ2v) is 9.37. The van der Waals surface area contributed by atoms with Gasteiger partial charge in [-0.05, 0) is 57.7 Å². The fourth-order valence-corrected chi connectivity index (χ4v) is 5.03. The monoisotopic (exact) mass is 423 g/mol. The molecule has 0 amide bonds. The molecule has 0 bridgehead atoms. The second kappa shape index (κ2) is 9.96. The maximum atomic E-state index is 9.76. The number of piperidine rings is 1. The Labute approximate surface area is 185 Å². The van der Waals surface area contributed by atoms with Gasteiger partial charge in [0.15, 0.2) is 0 Å². The van der Waals surface area contributed by atoms with Crippen molar-refractivity contribution >= 4 is 22.6 Å². The van der Waals surface area contributed by atoms with Gasteiger partial charge in [-0.25, -0.2) is 4.98 Å². The molecule has 31 heavy (non-hydrogen) atoms. The van der Waals surface area contributed by atoms with Gasteiger partial charge in [-0.3, -0.25) is 5.41 Å². The van der Waals surface area contributed by atoms with Gasteiger partial charge in [-0.1, -0.05) is 37.3 Å². The average Bonchev–Trinajstić information content (AvgIpc) is 3.01. The fraction of sp³-hybridized carbons (Fsp3) is 0.600. The minimum absolute atomic E-state index is 0.222. The fourth-order valence-electron chi connectivity index (χ4n) is 5.03. The highest BCUT2D eigenvalue weighted by Gasteiger charge is 2.25. The van der Waals surface area contributed by atoms with Crippen molar-refractivity contribution in [3.63, 3.8) is 0 Å². The Morgan fingerprint density at radius 1 is 1.06 bits per heavy atom. The van der Waals surface area contributed by atoms with Gasteiger partial charge >= 0.3 is 0 Å². The first kappa shape index (κ1) is 22.0. The zero-order valence-electron chi connectivity index (χ0n) is 19.0. The Balaban J connectivity index is 1.51. The van der Waals surface area contributed by atoms with Gasteiger partial charge < -0.3 is 20.6 Å². The van der Waals surface area contributed by atoms with Crippen LogP contribution >= 0.6 is 0 Å². The number of aliphatic hydroxyl groups is 1. The number of benzene rings is 1. The number of anilines is 1. The molecule has 1 unspecified atom stereocenters. The number of nitrogens with zero attached hydrogens (tertiary/aromatic N) is 2. The van der Waals surface area contributed by atoms with Crippen LogP contribution in [0.4, 0.5) is 5.82 Å².